The Morgan fingerprint density at radius 1 is 1.19 bits per heavy atom. The van der Waals surface area contributed by atoms with Crippen molar-refractivity contribution < 1.29 is 17.9 Å². The highest BCUT2D eigenvalue weighted by Crippen LogP contribution is 2.41. The van der Waals surface area contributed by atoms with Gasteiger partial charge in [0.25, 0.3) is 0 Å². The zero-order chi connectivity index (χ0) is 18.2. The molecule has 2 aromatic carbocycles. The summed E-state index contributed by atoms with van der Waals surface area (Å²) >= 11 is 0. The van der Waals surface area contributed by atoms with Crippen molar-refractivity contribution in [3.63, 3.8) is 0 Å². The number of methoxy groups -OCH3 is 1. The fourth-order valence-corrected chi connectivity index (χ4v) is 4.20. The van der Waals surface area contributed by atoms with Gasteiger partial charge in [-0.05, 0) is 56.3 Å². The molecule has 0 aliphatic carbocycles. The van der Waals surface area contributed by atoms with E-state index in [2.05, 4.69) is 4.72 Å². The van der Waals surface area contributed by atoms with Gasteiger partial charge in [-0.2, -0.15) is 0 Å². The molecular formula is C18H23ClN2O4S. The summed E-state index contributed by atoms with van der Waals surface area (Å²) in [4.78, 5) is 0.183. The smallest absolute Gasteiger partial charge is 0.241 e. The molecule has 1 atom stereocenters. The molecule has 142 valence electrons. The lowest BCUT2D eigenvalue weighted by Gasteiger charge is -2.37. The van der Waals surface area contributed by atoms with E-state index in [1.807, 2.05) is 13.8 Å². The molecule has 0 fully saturated rings. The zero-order valence-corrected chi connectivity index (χ0v) is 16.5. The lowest BCUT2D eigenvalue weighted by atomic mass is 9.90. The highest BCUT2D eigenvalue weighted by atomic mass is 35.5. The lowest BCUT2D eigenvalue weighted by Crippen LogP contribution is -2.41. The van der Waals surface area contributed by atoms with Gasteiger partial charge in [-0.3, -0.25) is 0 Å². The number of nitrogens with one attached hydrogen (secondary N) is 1. The number of rotatable bonds is 4. The monoisotopic (exact) mass is 398 g/mol. The molecule has 3 rings (SSSR count). The molecule has 8 heteroatoms. The minimum absolute atomic E-state index is 0. The largest absolute Gasteiger partial charge is 0.497 e. The molecular weight excluding hydrogens is 376 g/mol. The number of nitrogens with two attached hydrogens (primary N) is 1. The zero-order valence-electron chi connectivity index (χ0n) is 14.9. The van der Waals surface area contributed by atoms with Gasteiger partial charge in [0.2, 0.25) is 10.0 Å². The number of hydrogen-bond donors (Lipinski definition) is 2. The summed E-state index contributed by atoms with van der Waals surface area (Å²) in [6.07, 6.45) is 0.499. The van der Waals surface area contributed by atoms with Gasteiger partial charge in [0, 0.05) is 17.7 Å². The number of sulfonamides is 1. The molecule has 1 aliphatic heterocycles. The molecule has 1 heterocycles. The molecule has 1 unspecified atom stereocenters. The van der Waals surface area contributed by atoms with E-state index in [1.165, 1.54) is 19.2 Å². The van der Waals surface area contributed by atoms with Crippen LogP contribution in [0.5, 0.6) is 11.5 Å². The number of fused-ring (bicyclic) bond motifs is 1. The Hall–Kier alpha value is -1.96. The Kier molecular flexibility index (Phi) is 5.75. The van der Waals surface area contributed by atoms with Crippen molar-refractivity contribution >= 4 is 28.1 Å². The van der Waals surface area contributed by atoms with Crippen molar-refractivity contribution in [2.24, 2.45) is 0 Å². The topological polar surface area (TPSA) is 90.7 Å². The average Bonchev–Trinajstić information content (AvgIpc) is 2.54. The number of hydrogen-bond acceptors (Lipinski definition) is 5. The van der Waals surface area contributed by atoms with Gasteiger partial charge in [-0.25, -0.2) is 13.1 Å². The minimum atomic E-state index is -3.69. The molecule has 1 aliphatic rings. The first-order valence-corrected chi connectivity index (χ1v) is 9.43. The SMILES string of the molecule is COc1ccc(S(=O)(=O)NC2CC(C)(C)Oc3ccc(N)cc32)cc1.Cl. The summed E-state index contributed by atoms with van der Waals surface area (Å²) in [6.45, 7) is 3.86. The predicted molar refractivity (Wildman–Crippen MR) is 103 cm³/mol. The average molecular weight is 399 g/mol. The highest BCUT2D eigenvalue weighted by molar-refractivity contribution is 7.89. The van der Waals surface area contributed by atoms with Crippen molar-refractivity contribution in [3.05, 3.63) is 48.0 Å². The molecule has 0 saturated heterocycles. The maximum atomic E-state index is 12.8. The Balaban J connectivity index is 0.00000243. The first kappa shape index (κ1) is 20.4. The van der Waals surface area contributed by atoms with Crippen LogP contribution in [0.1, 0.15) is 31.9 Å². The third kappa shape index (κ3) is 4.23. The first-order chi connectivity index (χ1) is 11.7. The van der Waals surface area contributed by atoms with Crippen LogP contribution in [0, 0.1) is 0 Å². The van der Waals surface area contributed by atoms with Crippen molar-refractivity contribution in [1.29, 1.82) is 0 Å². The maximum absolute atomic E-state index is 12.8. The van der Waals surface area contributed by atoms with E-state index in [9.17, 15) is 8.42 Å². The number of anilines is 1. The Bertz CT molecular complexity index is 883. The second-order valence-electron chi connectivity index (χ2n) is 6.71. The van der Waals surface area contributed by atoms with Crippen molar-refractivity contribution in [3.8, 4) is 11.5 Å². The minimum Gasteiger partial charge on any atom is -0.497 e. The van der Waals surface area contributed by atoms with Crippen LogP contribution in [-0.2, 0) is 10.0 Å². The summed E-state index contributed by atoms with van der Waals surface area (Å²) in [5.41, 5.74) is 6.69. The van der Waals surface area contributed by atoms with E-state index in [1.54, 1.807) is 30.3 Å². The van der Waals surface area contributed by atoms with E-state index in [4.69, 9.17) is 15.2 Å². The van der Waals surface area contributed by atoms with Gasteiger partial charge in [0.15, 0.2) is 0 Å². The van der Waals surface area contributed by atoms with Gasteiger partial charge in [-0.15, -0.1) is 12.4 Å². The highest BCUT2D eigenvalue weighted by Gasteiger charge is 2.36. The number of ether oxygens (including phenoxy) is 2. The quantitative estimate of drug-likeness (QED) is 0.771. The molecule has 0 spiro atoms. The molecule has 0 radical (unpaired) electrons. The maximum Gasteiger partial charge on any atom is 0.241 e. The number of halogens is 1. The summed E-state index contributed by atoms with van der Waals surface area (Å²) in [7, 11) is -2.16. The molecule has 6 nitrogen and oxygen atoms in total. The van der Waals surface area contributed by atoms with E-state index in [0.717, 1.165) is 5.56 Å². The summed E-state index contributed by atoms with van der Waals surface area (Å²) in [6, 6.07) is 11.1. The third-order valence-electron chi connectivity index (χ3n) is 4.16. The first-order valence-electron chi connectivity index (χ1n) is 7.95. The Labute approximate surface area is 160 Å². The molecule has 0 amide bonds. The van der Waals surface area contributed by atoms with Gasteiger partial charge in [-0.1, -0.05) is 0 Å². The fourth-order valence-electron chi connectivity index (χ4n) is 2.99. The van der Waals surface area contributed by atoms with Crippen LogP contribution in [0.3, 0.4) is 0 Å². The number of benzene rings is 2. The normalized spacial score (nSPS) is 18.2. The van der Waals surface area contributed by atoms with Gasteiger partial charge in [0.1, 0.15) is 17.1 Å². The molecule has 0 aromatic heterocycles. The van der Waals surface area contributed by atoms with Gasteiger partial charge < -0.3 is 15.2 Å². The Morgan fingerprint density at radius 2 is 1.85 bits per heavy atom. The van der Waals surface area contributed by atoms with E-state index in [0.29, 0.717) is 23.6 Å². The van der Waals surface area contributed by atoms with Crippen LogP contribution in [0.25, 0.3) is 0 Å². The molecule has 26 heavy (non-hydrogen) atoms. The third-order valence-corrected chi connectivity index (χ3v) is 5.65. The summed E-state index contributed by atoms with van der Waals surface area (Å²) in [5.74, 6) is 1.25. The summed E-state index contributed by atoms with van der Waals surface area (Å²) < 4.78 is 39.4. The van der Waals surface area contributed by atoms with Crippen LogP contribution in [0.2, 0.25) is 0 Å². The molecule has 0 saturated carbocycles. The second kappa shape index (κ2) is 7.34. The molecule has 3 N–H and O–H groups in total. The van der Waals surface area contributed by atoms with Crippen LogP contribution in [0.15, 0.2) is 47.4 Å². The van der Waals surface area contributed by atoms with E-state index >= 15 is 0 Å². The lowest BCUT2D eigenvalue weighted by molar-refractivity contribution is 0.0702. The van der Waals surface area contributed by atoms with Gasteiger partial charge >= 0.3 is 0 Å². The molecule has 0 bridgehead atoms. The van der Waals surface area contributed by atoms with E-state index in [-0.39, 0.29) is 17.3 Å². The predicted octanol–water partition coefficient (Wildman–Crippen LogP) is 3.28. The van der Waals surface area contributed by atoms with Gasteiger partial charge in [0.05, 0.1) is 18.0 Å². The standard InChI is InChI=1S/C18H22N2O4S.ClH/c1-18(2)11-16(15-10-12(19)4-9-17(15)24-18)20-25(21,22)14-7-5-13(23-3)6-8-14;/h4-10,16,20H,11,19H2,1-3H3;1H. The van der Waals surface area contributed by atoms with E-state index < -0.39 is 21.7 Å². The second-order valence-corrected chi connectivity index (χ2v) is 8.43. The fraction of sp³-hybridized carbons (Fsp3) is 0.333. The van der Waals surface area contributed by atoms with Crippen LogP contribution < -0.4 is 19.9 Å². The summed E-state index contributed by atoms with van der Waals surface area (Å²) in [5, 5.41) is 0. The number of nitrogen functional groups attached to an aromatic ring is 1. The van der Waals surface area contributed by atoms with Crippen molar-refractivity contribution in [2.75, 3.05) is 12.8 Å². The Morgan fingerprint density at radius 3 is 2.46 bits per heavy atom. The van der Waals surface area contributed by atoms with Crippen LogP contribution in [0.4, 0.5) is 5.69 Å². The van der Waals surface area contributed by atoms with Crippen LogP contribution >= 0.6 is 12.4 Å². The molecule has 2 aromatic rings. The van der Waals surface area contributed by atoms with Crippen molar-refractivity contribution in [2.45, 2.75) is 36.8 Å². The van der Waals surface area contributed by atoms with Crippen molar-refractivity contribution in [1.82, 2.24) is 4.72 Å². The van der Waals surface area contributed by atoms with Crippen LogP contribution in [-0.4, -0.2) is 21.1 Å².